The number of aromatic nitrogens is 4. The van der Waals surface area contributed by atoms with E-state index in [2.05, 4.69) is 42.6 Å². The zero-order valence-corrected chi connectivity index (χ0v) is 28.1. The largest absolute Gasteiger partial charge is 0.352 e. The van der Waals surface area contributed by atoms with Gasteiger partial charge in [-0.25, -0.2) is 4.39 Å². The fraction of sp³-hybridized carbons (Fsp3) is 0.378. The van der Waals surface area contributed by atoms with Crippen molar-refractivity contribution in [1.29, 1.82) is 5.26 Å². The molecule has 4 N–H and O–H groups in total. The minimum atomic E-state index is -1.11. The fourth-order valence-corrected chi connectivity index (χ4v) is 7.37. The number of nitrogens with zero attached hydrogens (tertiary/aromatic N) is 5. The number of carbonyl (C=O) groups excluding carboxylic acids is 3. The van der Waals surface area contributed by atoms with Crippen LogP contribution in [0.3, 0.4) is 0 Å². The second-order valence-corrected chi connectivity index (χ2v) is 12.7. The molecule has 0 bridgehead atoms. The van der Waals surface area contributed by atoms with Crippen LogP contribution in [0.2, 0.25) is 0 Å². The van der Waals surface area contributed by atoms with Crippen molar-refractivity contribution >= 4 is 17.7 Å². The number of tetrazole rings is 1. The number of hydrogen-bond donors (Lipinski definition) is 4. The normalized spacial score (nSPS) is 16.8. The minimum Gasteiger partial charge on any atom is -0.352 e. The first kappa shape index (κ1) is 34.4. The van der Waals surface area contributed by atoms with E-state index in [1.165, 1.54) is 12.1 Å². The van der Waals surface area contributed by atoms with Crippen LogP contribution in [0, 0.1) is 17.1 Å². The summed E-state index contributed by atoms with van der Waals surface area (Å²) in [6.07, 6.45) is 2.77. The Morgan fingerprint density at radius 2 is 1.60 bits per heavy atom. The third-order valence-corrected chi connectivity index (χ3v) is 9.72. The van der Waals surface area contributed by atoms with E-state index >= 15 is 0 Å². The molecule has 0 radical (unpaired) electrons. The lowest BCUT2D eigenvalue weighted by Crippen LogP contribution is -2.43. The highest BCUT2D eigenvalue weighted by Gasteiger charge is 2.47. The van der Waals surface area contributed by atoms with E-state index in [4.69, 9.17) is 0 Å². The number of nitriles is 1. The molecule has 258 valence electrons. The van der Waals surface area contributed by atoms with Crippen molar-refractivity contribution in [3.8, 4) is 6.07 Å². The number of H-pyrrole nitrogens is 1. The molecule has 1 saturated heterocycles. The predicted molar refractivity (Wildman–Crippen MR) is 182 cm³/mol. The predicted octanol–water partition coefficient (Wildman–Crippen LogP) is 3.51. The van der Waals surface area contributed by atoms with Crippen LogP contribution in [0.5, 0.6) is 0 Å². The van der Waals surface area contributed by atoms with E-state index in [1.807, 2.05) is 38.1 Å². The number of likely N-dealkylation sites (tertiary alicyclic amines) is 1. The molecule has 3 aromatic carbocycles. The van der Waals surface area contributed by atoms with Crippen LogP contribution in [0.1, 0.15) is 93.5 Å². The third kappa shape index (κ3) is 6.71. The summed E-state index contributed by atoms with van der Waals surface area (Å²) in [7, 11) is 0. The summed E-state index contributed by atoms with van der Waals surface area (Å²) >= 11 is 0. The maximum Gasteiger partial charge on any atom is 0.251 e. The van der Waals surface area contributed by atoms with Crippen LogP contribution < -0.4 is 16.0 Å². The number of carbonyl (C=O) groups is 3. The first-order valence-corrected chi connectivity index (χ1v) is 17.0. The monoisotopic (exact) mass is 677 g/mol. The van der Waals surface area contributed by atoms with E-state index in [-0.39, 0.29) is 30.7 Å². The molecule has 2 aliphatic rings. The van der Waals surface area contributed by atoms with Crippen molar-refractivity contribution in [2.45, 2.75) is 63.5 Å². The van der Waals surface area contributed by atoms with Gasteiger partial charge in [-0.1, -0.05) is 29.5 Å². The second kappa shape index (κ2) is 15.0. The van der Waals surface area contributed by atoms with Crippen LogP contribution >= 0.6 is 0 Å². The zero-order chi connectivity index (χ0) is 35.3. The Labute approximate surface area is 289 Å². The summed E-state index contributed by atoms with van der Waals surface area (Å²) in [6.45, 7) is 5.14. The van der Waals surface area contributed by atoms with Crippen LogP contribution in [0.15, 0.2) is 60.7 Å². The number of fused-ring (bicyclic) bond motifs is 2. The number of aromatic amines is 1. The number of rotatable bonds is 11. The maximum atomic E-state index is 14.3. The van der Waals surface area contributed by atoms with Crippen molar-refractivity contribution in [3.63, 3.8) is 0 Å². The number of aryl methyl sites for hydroxylation is 2. The van der Waals surface area contributed by atoms with Crippen molar-refractivity contribution in [1.82, 2.24) is 41.5 Å². The summed E-state index contributed by atoms with van der Waals surface area (Å²) in [5, 5.41) is 34.5. The third-order valence-electron chi connectivity index (χ3n) is 9.72. The van der Waals surface area contributed by atoms with Crippen LogP contribution in [0.4, 0.5) is 4.39 Å². The van der Waals surface area contributed by atoms with Crippen molar-refractivity contribution in [3.05, 3.63) is 111 Å². The van der Waals surface area contributed by atoms with E-state index < -0.39 is 23.3 Å². The summed E-state index contributed by atoms with van der Waals surface area (Å²) in [5.41, 5.74) is 4.14. The minimum absolute atomic E-state index is 0.0610. The van der Waals surface area contributed by atoms with Crippen LogP contribution in [-0.4, -0.2) is 75.5 Å². The first-order valence-electron chi connectivity index (χ1n) is 17.0. The van der Waals surface area contributed by atoms with Gasteiger partial charge in [0, 0.05) is 36.8 Å². The Balaban J connectivity index is 1.52. The highest BCUT2D eigenvalue weighted by Crippen LogP contribution is 2.49. The molecule has 4 aromatic rings. The number of nitrogens with one attached hydrogen (secondary N) is 4. The van der Waals surface area contributed by atoms with Gasteiger partial charge in [0.2, 0.25) is 5.91 Å². The molecule has 6 rings (SSSR count). The van der Waals surface area contributed by atoms with Gasteiger partial charge in [-0.2, -0.15) is 10.5 Å². The number of hydrogen-bond acceptors (Lipinski definition) is 8. The fourth-order valence-electron chi connectivity index (χ4n) is 7.37. The van der Waals surface area contributed by atoms with Gasteiger partial charge in [-0.3, -0.25) is 14.4 Å². The van der Waals surface area contributed by atoms with Gasteiger partial charge in [0.15, 0.2) is 5.82 Å². The quantitative estimate of drug-likeness (QED) is 0.187. The molecule has 12 nitrogen and oxygen atoms in total. The Morgan fingerprint density at radius 3 is 2.14 bits per heavy atom. The van der Waals surface area contributed by atoms with Gasteiger partial charge in [0.05, 0.1) is 18.0 Å². The topological polar surface area (TPSA) is 169 Å². The first-order chi connectivity index (χ1) is 24.3. The Morgan fingerprint density at radius 1 is 0.980 bits per heavy atom. The molecule has 50 heavy (non-hydrogen) atoms. The molecule has 0 spiro atoms. The number of benzene rings is 3. The maximum absolute atomic E-state index is 14.3. The van der Waals surface area contributed by atoms with Crippen molar-refractivity contribution in [2.75, 3.05) is 26.2 Å². The van der Waals surface area contributed by atoms with Gasteiger partial charge >= 0.3 is 0 Å². The molecular weight excluding hydrogens is 637 g/mol. The lowest BCUT2D eigenvalue weighted by atomic mass is 9.67. The van der Waals surface area contributed by atoms with Crippen molar-refractivity contribution in [2.24, 2.45) is 0 Å². The summed E-state index contributed by atoms with van der Waals surface area (Å²) in [6, 6.07) is 18.5. The van der Waals surface area contributed by atoms with Crippen molar-refractivity contribution < 1.29 is 18.8 Å². The van der Waals surface area contributed by atoms with Gasteiger partial charge in [-0.05, 0) is 110 Å². The molecule has 2 atom stereocenters. The Kier molecular flexibility index (Phi) is 10.3. The average Bonchev–Trinajstić information content (AvgIpc) is 3.83. The van der Waals surface area contributed by atoms with Gasteiger partial charge in [-0.15, -0.1) is 10.2 Å². The average molecular weight is 678 g/mol. The van der Waals surface area contributed by atoms with Gasteiger partial charge in [0.1, 0.15) is 11.9 Å². The van der Waals surface area contributed by atoms with Gasteiger partial charge in [0.25, 0.3) is 11.8 Å². The highest BCUT2D eigenvalue weighted by molar-refractivity contribution is 5.95. The van der Waals surface area contributed by atoms with E-state index in [0.717, 1.165) is 34.2 Å². The number of amides is 3. The molecule has 13 heteroatoms. The molecule has 3 amide bonds. The van der Waals surface area contributed by atoms with E-state index in [9.17, 15) is 24.0 Å². The van der Waals surface area contributed by atoms with Gasteiger partial charge < -0.3 is 20.9 Å². The summed E-state index contributed by atoms with van der Waals surface area (Å²) in [5.74, 6) is -0.617. The summed E-state index contributed by atoms with van der Waals surface area (Å²) < 4.78 is 14.3. The molecule has 0 unspecified atom stereocenters. The SMILES string of the molecule is CCNC(=O)c1ccc2c(c1)CCc1cc(C(=O)NCC)ccc1C2(C[C@@H](NCC(=O)N1CCC[C@H]1C#N)c1ccc(F)cc1)c1nn[nH]n1. The molecular formula is C37H40FN9O3. The van der Waals surface area contributed by atoms with E-state index in [0.29, 0.717) is 55.8 Å². The second-order valence-electron chi connectivity index (χ2n) is 12.7. The smallest absolute Gasteiger partial charge is 0.251 e. The standard InChI is InChI=1S/C37H40FN9O3/c1-3-40-34(49)26-11-15-30-24(18-26)7-8-25-19-27(35(50)41-4-2)12-16-31(25)37(30,36-43-45-46-44-36)20-32(23-9-13-28(38)14-10-23)42-22-33(48)47-17-5-6-29(47)21-39/h9-16,18-19,29,32,42H,3-8,17,20,22H2,1-2H3,(H,40,49)(H,41,50)(H,43,44,45,46)/t29-,32+/m0/s1. The van der Waals surface area contributed by atoms with Crippen LogP contribution in [-0.2, 0) is 23.1 Å². The summed E-state index contributed by atoms with van der Waals surface area (Å²) in [4.78, 5) is 41.1. The van der Waals surface area contributed by atoms with Crippen LogP contribution in [0.25, 0.3) is 0 Å². The molecule has 0 saturated carbocycles. The highest BCUT2D eigenvalue weighted by atomic mass is 19.1. The Bertz CT molecular complexity index is 1840. The lowest BCUT2D eigenvalue weighted by molar-refractivity contribution is -0.130. The lowest BCUT2D eigenvalue weighted by Gasteiger charge is -2.37. The zero-order valence-electron chi connectivity index (χ0n) is 28.1. The molecule has 1 aliphatic heterocycles. The Hall–Kier alpha value is -5.48. The van der Waals surface area contributed by atoms with E-state index in [1.54, 1.807) is 29.2 Å². The molecule has 1 fully saturated rings. The molecule has 2 heterocycles. The number of halogens is 1. The molecule has 1 aliphatic carbocycles. The molecule has 1 aromatic heterocycles.